The molecule has 0 N–H and O–H groups in total. The van der Waals surface area contributed by atoms with Crippen molar-refractivity contribution in [3.8, 4) is 5.75 Å². The number of methoxy groups -OCH3 is 1. The molecule has 150 valence electrons. The van der Waals surface area contributed by atoms with E-state index in [2.05, 4.69) is 4.98 Å². The fourth-order valence-electron chi connectivity index (χ4n) is 3.32. The lowest BCUT2D eigenvalue weighted by atomic mass is 10.0. The summed E-state index contributed by atoms with van der Waals surface area (Å²) in [7, 11) is 1.56. The summed E-state index contributed by atoms with van der Waals surface area (Å²) < 4.78 is 5.47. The number of para-hydroxylation sites is 1. The van der Waals surface area contributed by atoms with Crippen LogP contribution in [0.5, 0.6) is 5.75 Å². The zero-order valence-electron chi connectivity index (χ0n) is 16.4. The van der Waals surface area contributed by atoms with E-state index in [4.69, 9.17) is 4.74 Å². The first-order valence-corrected chi connectivity index (χ1v) is 10.5. The molecule has 0 saturated carbocycles. The van der Waals surface area contributed by atoms with Gasteiger partial charge in [0.1, 0.15) is 5.75 Å². The third-order valence-corrected chi connectivity index (χ3v) is 5.96. The topological polar surface area (TPSA) is 59.5 Å². The molecule has 0 atom stereocenters. The molecule has 0 bridgehead atoms. The van der Waals surface area contributed by atoms with Gasteiger partial charge in [-0.15, -0.1) is 11.8 Å². The Bertz CT molecular complexity index is 1100. The number of hydrogen-bond acceptors (Lipinski definition) is 5. The fraction of sp³-hybridized carbons (Fsp3) is 0.125. The van der Waals surface area contributed by atoms with Crippen LogP contribution < -0.4 is 4.74 Å². The molecule has 2 heterocycles. The molecule has 2 aromatic carbocycles. The molecule has 5 nitrogen and oxygen atoms in total. The number of aromatic nitrogens is 1. The van der Waals surface area contributed by atoms with Gasteiger partial charge in [0, 0.05) is 23.7 Å². The first-order valence-electron chi connectivity index (χ1n) is 9.48. The fourth-order valence-corrected chi connectivity index (χ4v) is 4.40. The SMILES string of the molecule is COc1ccccc1C1=C(SCc2ccccc2)C(=O)N(Cc2ccncc2)C1=O. The molecule has 2 amide bonds. The number of imide groups is 1. The summed E-state index contributed by atoms with van der Waals surface area (Å²) >= 11 is 1.39. The maximum absolute atomic E-state index is 13.4. The second-order valence-electron chi connectivity index (χ2n) is 6.73. The van der Waals surface area contributed by atoms with Gasteiger partial charge in [0.05, 0.1) is 24.1 Å². The molecule has 1 aliphatic rings. The van der Waals surface area contributed by atoms with E-state index >= 15 is 0 Å². The molecule has 1 aromatic heterocycles. The highest BCUT2D eigenvalue weighted by Crippen LogP contribution is 2.40. The first kappa shape index (κ1) is 19.9. The van der Waals surface area contributed by atoms with Crippen LogP contribution in [-0.4, -0.2) is 28.8 Å². The van der Waals surface area contributed by atoms with Crippen LogP contribution in [0.4, 0.5) is 0 Å². The van der Waals surface area contributed by atoms with Gasteiger partial charge in [0.25, 0.3) is 11.8 Å². The summed E-state index contributed by atoms with van der Waals surface area (Å²) in [6.45, 7) is 0.203. The third kappa shape index (κ3) is 4.00. The van der Waals surface area contributed by atoms with E-state index in [0.717, 1.165) is 11.1 Å². The second kappa shape index (κ2) is 8.97. The molecular formula is C24H20N2O3S. The van der Waals surface area contributed by atoms with Gasteiger partial charge in [0.2, 0.25) is 0 Å². The van der Waals surface area contributed by atoms with Crippen LogP contribution in [0, 0.1) is 0 Å². The summed E-state index contributed by atoms with van der Waals surface area (Å²) in [5.74, 6) is 0.574. The largest absolute Gasteiger partial charge is 0.496 e. The summed E-state index contributed by atoms with van der Waals surface area (Å²) in [4.78, 5) is 32.4. The van der Waals surface area contributed by atoms with Gasteiger partial charge >= 0.3 is 0 Å². The normalized spacial score (nSPS) is 13.8. The number of rotatable bonds is 7. The van der Waals surface area contributed by atoms with Crippen molar-refractivity contribution in [1.29, 1.82) is 0 Å². The Morgan fingerprint density at radius 3 is 2.30 bits per heavy atom. The highest BCUT2D eigenvalue weighted by Gasteiger charge is 2.40. The van der Waals surface area contributed by atoms with Crippen molar-refractivity contribution in [1.82, 2.24) is 9.88 Å². The molecule has 0 aliphatic carbocycles. The van der Waals surface area contributed by atoms with Crippen LogP contribution in [0.1, 0.15) is 16.7 Å². The van der Waals surface area contributed by atoms with Crippen molar-refractivity contribution in [3.05, 3.63) is 101 Å². The number of hydrogen-bond donors (Lipinski definition) is 0. The number of amides is 2. The number of nitrogens with zero attached hydrogens (tertiary/aromatic N) is 2. The molecule has 4 rings (SSSR count). The van der Waals surface area contributed by atoms with Crippen LogP contribution in [0.2, 0.25) is 0 Å². The predicted octanol–water partition coefficient (Wildman–Crippen LogP) is 4.30. The van der Waals surface area contributed by atoms with Crippen LogP contribution in [0.3, 0.4) is 0 Å². The third-order valence-electron chi connectivity index (χ3n) is 4.82. The monoisotopic (exact) mass is 416 g/mol. The molecule has 0 fully saturated rings. The van der Waals surface area contributed by atoms with Crippen LogP contribution in [-0.2, 0) is 21.9 Å². The van der Waals surface area contributed by atoms with Crippen molar-refractivity contribution < 1.29 is 14.3 Å². The molecule has 6 heteroatoms. The van der Waals surface area contributed by atoms with Gasteiger partial charge in [-0.3, -0.25) is 19.5 Å². The summed E-state index contributed by atoms with van der Waals surface area (Å²) in [6.07, 6.45) is 3.31. The van der Waals surface area contributed by atoms with Crippen LogP contribution in [0.25, 0.3) is 5.57 Å². The summed E-state index contributed by atoms with van der Waals surface area (Å²) in [5, 5.41) is 0. The smallest absolute Gasteiger partial charge is 0.268 e. The number of ether oxygens (including phenoxy) is 1. The highest BCUT2D eigenvalue weighted by molar-refractivity contribution is 8.03. The molecule has 0 saturated heterocycles. The number of benzene rings is 2. The van der Waals surface area contributed by atoms with Crippen LogP contribution >= 0.6 is 11.8 Å². The Balaban J connectivity index is 1.71. The predicted molar refractivity (Wildman–Crippen MR) is 117 cm³/mol. The Kier molecular flexibility index (Phi) is 5.95. The number of carbonyl (C=O) groups excluding carboxylic acids is 2. The van der Waals surface area contributed by atoms with Crippen molar-refractivity contribution in [2.24, 2.45) is 0 Å². The molecular weight excluding hydrogens is 396 g/mol. The van der Waals surface area contributed by atoms with E-state index in [1.165, 1.54) is 16.7 Å². The minimum absolute atomic E-state index is 0.203. The number of pyridine rings is 1. The lowest BCUT2D eigenvalue weighted by Gasteiger charge is -2.15. The summed E-state index contributed by atoms with van der Waals surface area (Å²) in [6, 6.07) is 20.8. The van der Waals surface area contributed by atoms with Gasteiger partial charge in [0.15, 0.2) is 0 Å². The Morgan fingerprint density at radius 2 is 1.57 bits per heavy atom. The average molecular weight is 417 g/mol. The minimum atomic E-state index is -0.308. The van der Waals surface area contributed by atoms with Gasteiger partial charge < -0.3 is 4.74 Å². The lowest BCUT2D eigenvalue weighted by Crippen LogP contribution is -2.31. The molecule has 30 heavy (non-hydrogen) atoms. The maximum Gasteiger partial charge on any atom is 0.268 e. The Hall–Kier alpha value is -3.38. The lowest BCUT2D eigenvalue weighted by molar-refractivity contribution is -0.137. The van der Waals surface area contributed by atoms with Crippen LogP contribution in [0.15, 0.2) is 84.0 Å². The zero-order valence-corrected chi connectivity index (χ0v) is 17.3. The first-order chi connectivity index (χ1) is 14.7. The van der Waals surface area contributed by atoms with Crippen molar-refractivity contribution in [2.45, 2.75) is 12.3 Å². The van der Waals surface area contributed by atoms with E-state index in [9.17, 15) is 9.59 Å². The number of thioether (sulfide) groups is 1. The van der Waals surface area contributed by atoms with E-state index < -0.39 is 0 Å². The molecule has 3 aromatic rings. The number of carbonyl (C=O) groups is 2. The quantitative estimate of drug-likeness (QED) is 0.538. The Labute approximate surface area is 179 Å². The van der Waals surface area contributed by atoms with E-state index in [1.807, 2.05) is 48.5 Å². The Morgan fingerprint density at radius 1 is 0.867 bits per heavy atom. The standard InChI is InChI=1S/C24H20N2O3S/c1-29-20-10-6-5-9-19(20)21-22(30-16-18-7-3-2-4-8-18)24(28)26(23(21)27)15-17-11-13-25-14-12-17/h2-14H,15-16H2,1H3. The summed E-state index contributed by atoms with van der Waals surface area (Å²) in [5.41, 5.74) is 2.96. The second-order valence-corrected chi connectivity index (χ2v) is 7.72. The maximum atomic E-state index is 13.4. The van der Waals surface area contributed by atoms with Crippen molar-refractivity contribution in [2.75, 3.05) is 7.11 Å². The zero-order chi connectivity index (χ0) is 20.9. The van der Waals surface area contributed by atoms with Gasteiger partial charge in [-0.2, -0.15) is 0 Å². The highest BCUT2D eigenvalue weighted by atomic mass is 32.2. The molecule has 0 unspecified atom stereocenters. The van der Waals surface area contributed by atoms with Gasteiger partial charge in [-0.1, -0.05) is 48.5 Å². The van der Waals surface area contributed by atoms with Crippen molar-refractivity contribution >= 4 is 29.1 Å². The minimum Gasteiger partial charge on any atom is -0.496 e. The van der Waals surface area contributed by atoms with E-state index in [0.29, 0.717) is 27.5 Å². The molecule has 0 radical (unpaired) electrons. The van der Waals surface area contributed by atoms with Gasteiger partial charge in [-0.25, -0.2) is 0 Å². The molecule has 0 spiro atoms. The van der Waals surface area contributed by atoms with Crippen molar-refractivity contribution in [3.63, 3.8) is 0 Å². The average Bonchev–Trinajstić information content (AvgIpc) is 3.03. The van der Waals surface area contributed by atoms with E-state index in [1.54, 1.807) is 37.7 Å². The van der Waals surface area contributed by atoms with E-state index in [-0.39, 0.29) is 18.4 Å². The van der Waals surface area contributed by atoms with Gasteiger partial charge in [-0.05, 0) is 29.3 Å². The molecule has 1 aliphatic heterocycles.